The molecule has 0 aliphatic heterocycles. The molecule has 0 radical (unpaired) electrons. The van der Waals surface area contributed by atoms with Gasteiger partial charge in [0.2, 0.25) is 0 Å². The van der Waals surface area contributed by atoms with Crippen LogP contribution < -0.4 is 14.8 Å². The lowest BCUT2D eigenvalue weighted by Gasteiger charge is -2.13. The second-order valence-electron chi connectivity index (χ2n) is 5.29. The van der Waals surface area contributed by atoms with Crippen molar-refractivity contribution in [2.75, 3.05) is 7.11 Å². The molecular weight excluding hydrogens is 266 g/mol. The zero-order valence-electron chi connectivity index (χ0n) is 13.1. The maximum atomic E-state index is 5.85. The van der Waals surface area contributed by atoms with Crippen molar-refractivity contribution in [2.24, 2.45) is 7.05 Å². The van der Waals surface area contributed by atoms with Crippen LogP contribution in [-0.2, 0) is 20.2 Å². The maximum Gasteiger partial charge on any atom is 0.162 e. The Labute approximate surface area is 125 Å². The molecule has 0 atom stereocenters. The van der Waals surface area contributed by atoms with Crippen LogP contribution in [0.5, 0.6) is 11.5 Å². The number of ether oxygens (including phenoxy) is 2. The third-order valence-electron chi connectivity index (χ3n) is 3.09. The number of aromatic nitrogens is 2. The van der Waals surface area contributed by atoms with Crippen LogP contribution in [0.2, 0.25) is 0 Å². The molecule has 0 fully saturated rings. The Morgan fingerprint density at radius 3 is 2.67 bits per heavy atom. The summed E-state index contributed by atoms with van der Waals surface area (Å²) in [5.74, 6) is 1.48. The Bertz CT molecular complexity index is 579. The summed E-state index contributed by atoms with van der Waals surface area (Å²) in [6.07, 6.45) is 1.90. The first-order valence-corrected chi connectivity index (χ1v) is 7.10. The smallest absolute Gasteiger partial charge is 0.162 e. The van der Waals surface area contributed by atoms with Gasteiger partial charge < -0.3 is 14.8 Å². The Balaban J connectivity index is 2.06. The molecule has 1 N–H and O–H groups in total. The molecule has 0 aliphatic rings. The van der Waals surface area contributed by atoms with E-state index in [-0.39, 0.29) is 0 Å². The highest BCUT2D eigenvalue weighted by Gasteiger charge is 2.07. The number of benzene rings is 1. The van der Waals surface area contributed by atoms with Crippen molar-refractivity contribution >= 4 is 0 Å². The molecule has 114 valence electrons. The summed E-state index contributed by atoms with van der Waals surface area (Å²) >= 11 is 0. The summed E-state index contributed by atoms with van der Waals surface area (Å²) in [7, 11) is 3.54. The minimum absolute atomic E-state index is 0.429. The van der Waals surface area contributed by atoms with Crippen LogP contribution in [0.1, 0.15) is 25.1 Å². The lowest BCUT2D eigenvalue weighted by Crippen LogP contribution is -2.21. The molecule has 0 saturated carbocycles. The lowest BCUT2D eigenvalue weighted by atomic mass is 10.2. The molecule has 1 aromatic heterocycles. The highest BCUT2D eigenvalue weighted by molar-refractivity contribution is 5.43. The predicted molar refractivity (Wildman–Crippen MR) is 82.5 cm³/mol. The van der Waals surface area contributed by atoms with Crippen LogP contribution in [0, 0.1) is 0 Å². The molecule has 5 heteroatoms. The molecule has 2 rings (SSSR count). The second kappa shape index (κ2) is 7.13. The maximum absolute atomic E-state index is 5.85. The Morgan fingerprint density at radius 1 is 1.24 bits per heavy atom. The van der Waals surface area contributed by atoms with Crippen LogP contribution in [0.4, 0.5) is 0 Å². The fourth-order valence-electron chi connectivity index (χ4n) is 1.96. The second-order valence-corrected chi connectivity index (χ2v) is 5.29. The Kier molecular flexibility index (Phi) is 5.22. The number of methoxy groups -OCH3 is 1. The van der Waals surface area contributed by atoms with Crippen molar-refractivity contribution in [3.63, 3.8) is 0 Å². The minimum Gasteiger partial charge on any atom is -0.493 e. The van der Waals surface area contributed by atoms with Gasteiger partial charge >= 0.3 is 0 Å². The molecule has 0 bridgehead atoms. The van der Waals surface area contributed by atoms with Gasteiger partial charge in [-0.3, -0.25) is 4.68 Å². The van der Waals surface area contributed by atoms with Crippen molar-refractivity contribution in [3.8, 4) is 11.5 Å². The van der Waals surface area contributed by atoms with Crippen LogP contribution in [0.25, 0.3) is 0 Å². The van der Waals surface area contributed by atoms with Gasteiger partial charge in [0.25, 0.3) is 0 Å². The monoisotopic (exact) mass is 289 g/mol. The fraction of sp³-hybridized carbons (Fsp3) is 0.438. The number of nitrogens with zero attached hydrogens (tertiary/aromatic N) is 2. The molecule has 0 unspecified atom stereocenters. The van der Waals surface area contributed by atoms with E-state index in [0.29, 0.717) is 12.6 Å². The topological polar surface area (TPSA) is 48.3 Å². The average Bonchev–Trinajstić information content (AvgIpc) is 2.88. The van der Waals surface area contributed by atoms with Gasteiger partial charge in [0, 0.05) is 25.8 Å². The van der Waals surface area contributed by atoms with E-state index in [1.165, 1.54) is 5.56 Å². The van der Waals surface area contributed by atoms with Gasteiger partial charge in [-0.05, 0) is 23.8 Å². The first kappa shape index (κ1) is 15.4. The molecule has 5 nitrogen and oxygen atoms in total. The summed E-state index contributed by atoms with van der Waals surface area (Å²) < 4.78 is 13.0. The normalized spacial score (nSPS) is 10.9. The van der Waals surface area contributed by atoms with E-state index in [4.69, 9.17) is 9.47 Å². The van der Waals surface area contributed by atoms with Crippen LogP contribution in [-0.4, -0.2) is 22.9 Å². The Morgan fingerprint density at radius 2 is 2.05 bits per heavy atom. The molecule has 1 aromatic carbocycles. The zero-order chi connectivity index (χ0) is 15.2. The van der Waals surface area contributed by atoms with Crippen molar-refractivity contribution in [1.29, 1.82) is 0 Å². The predicted octanol–water partition coefficient (Wildman–Crippen LogP) is 2.51. The summed E-state index contributed by atoms with van der Waals surface area (Å²) in [5, 5.41) is 7.69. The molecule has 0 aliphatic carbocycles. The fourth-order valence-corrected chi connectivity index (χ4v) is 1.96. The Hall–Kier alpha value is -2.01. The van der Waals surface area contributed by atoms with E-state index in [2.05, 4.69) is 24.3 Å². The van der Waals surface area contributed by atoms with Crippen molar-refractivity contribution in [2.45, 2.75) is 33.0 Å². The number of hydrogen-bond acceptors (Lipinski definition) is 4. The van der Waals surface area contributed by atoms with Crippen LogP contribution in [0.3, 0.4) is 0 Å². The average molecular weight is 289 g/mol. The first-order chi connectivity index (χ1) is 10.1. The van der Waals surface area contributed by atoms with Crippen molar-refractivity contribution in [3.05, 3.63) is 41.7 Å². The minimum atomic E-state index is 0.429. The summed E-state index contributed by atoms with van der Waals surface area (Å²) in [6.45, 7) is 5.49. The van der Waals surface area contributed by atoms with E-state index in [1.807, 2.05) is 37.5 Å². The largest absolute Gasteiger partial charge is 0.493 e. The van der Waals surface area contributed by atoms with E-state index in [1.54, 1.807) is 11.8 Å². The van der Waals surface area contributed by atoms with Gasteiger partial charge in [0.05, 0.1) is 12.8 Å². The van der Waals surface area contributed by atoms with Gasteiger partial charge in [-0.15, -0.1) is 0 Å². The SMILES string of the molecule is COc1ccc(CNC(C)C)cc1OCc1ccn(C)n1. The molecule has 0 spiro atoms. The zero-order valence-corrected chi connectivity index (χ0v) is 13.1. The number of hydrogen-bond donors (Lipinski definition) is 1. The molecule has 0 amide bonds. The van der Waals surface area contributed by atoms with Gasteiger partial charge in [-0.1, -0.05) is 19.9 Å². The number of aryl methyl sites for hydroxylation is 1. The highest BCUT2D eigenvalue weighted by atomic mass is 16.5. The van der Waals surface area contributed by atoms with E-state index in [9.17, 15) is 0 Å². The summed E-state index contributed by atoms with van der Waals surface area (Å²) in [6, 6.07) is 8.38. The third-order valence-corrected chi connectivity index (χ3v) is 3.09. The van der Waals surface area contributed by atoms with E-state index < -0.39 is 0 Å². The van der Waals surface area contributed by atoms with Crippen molar-refractivity contribution in [1.82, 2.24) is 15.1 Å². The molecule has 1 heterocycles. The standard InChI is InChI=1S/C16H23N3O2/c1-12(2)17-10-13-5-6-15(20-4)16(9-13)21-11-14-7-8-19(3)18-14/h5-9,12,17H,10-11H2,1-4H3. The van der Waals surface area contributed by atoms with Gasteiger partial charge in [0.15, 0.2) is 11.5 Å². The molecule has 21 heavy (non-hydrogen) atoms. The number of nitrogens with one attached hydrogen (secondary N) is 1. The lowest BCUT2D eigenvalue weighted by molar-refractivity contribution is 0.279. The molecule has 2 aromatic rings. The third kappa shape index (κ3) is 4.49. The number of rotatable bonds is 7. The summed E-state index contributed by atoms with van der Waals surface area (Å²) in [4.78, 5) is 0. The van der Waals surface area contributed by atoms with E-state index in [0.717, 1.165) is 23.7 Å². The van der Waals surface area contributed by atoms with Crippen LogP contribution in [0.15, 0.2) is 30.5 Å². The molecule has 0 saturated heterocycles. The van der Waals surface area contributed by atoms with Gasteiger partial charge in [-0.2, -0.15) is 5.10 Å². The quantitative estimate of drug-likeness (QED) is 0.851. The van der Waals surface area contributed by atoms with Gasteiger partial charge in [-0.25, -0.2) is 0 Å². The molecular formula is C16H23N3O2. The van der Waals surface area contributed by atoms with Gasteiger partial charge in [0.1, 0.15) is 6.61 Å². The highest BCUT2D eigenvalue weighted by Crippen LogP contribution is 2.28. The van der Waals surface area contributed by atoms with Crippen molar-refractivity contribution < 1.29 is 9.47 Å². The van der Waals surface area contributed by atoms with E-state index >= 15 is 0 Å². The first-order valence-electron chi connectivity index (χ1n) is 7.10. The van der Waals surface area contributed by atoms with Crippen LogP contribution >= 0.6 is 0 Å². The summed E-state index contributed by atoms with van der Waals surface area (Å²) in [5.41, 5.74) is 2.06.